The van der Waals surface area contributed by atoms with E-state index in [-0.39, 0.29) is 24.4 Å². The third-order valence-corrected chi connectivity index (χ3v) is 7.02. The first kappa shape index (κ1) is 26.7. The van der Waals surface area contributed by atoms with Gasteiger partial charge in [0.2, 0.25) is 11.8 Å². The van der Waals surface area contributed by atoms with Gasteiger partial charge in [-0.25, -0.2) is 4.98 Å². The summed E-state index contributed by atoms with van der Waals surface area (Å²) in [5.74, 6) is 3.29. The summed E-state index contributed by atoms with van der Waals surface area (Å²) in [6.07, 6.45) is 10.2. The van der Waals surface area contributed by atoms with Gasteiger partial charge in [-0.2, -0.15) is 0 Å². The van der Waals surface area contributed by atoms with Crippen LogP contribution < -0.4 is 0 Å². The van der Waals surface area contributed by atoms with Crippen LogP contribution in [0, 0.1) is 17.8 Å². The fourth-order valence-electron chi connectivity index (χ4n) is 5.04. The number of aromatic nitrogens is 2. The maximum atomic E-state index is 13.2. The highest BCUT2D eigenvalue weighted by molar-refractivity contribution is 5.88. The van der Waals surface area contributed by atoms with Crippen molar-refractivity contribution >= 4 is 11.8 Å². The molecule has 1 unspecified atom stereocenters. The van der Waals surface area contributed by atoms with Gasteiger partial charge in [0.1, 0.15) is 5.82 Å². The van der Waals surface area contributed by atoms with Crippen molar-refractivity contribution in [3.8, 4) is 0 Å². The van der Waals surface area contributed by atoms with Crippen LogP contribution in [0.4, 0.5) is 0 Å². The first-order valence-corrected chi connectivity index (χ1v) is 13.4. The normalized spacial score (nSPS) is 22.4. The van der Waals surface area contributed by atoms with Crippen molar-refractivity contribution in [2.45, 2.75) is 85.2 Å². The lowest BCUT2D eigenvalue weighted by Crippen LogP contribution is -2.59. The zero-order chi connectivity index (χ0) is 24.8. The molecule has 1 aromatic heterocycles. The van der Waals surface area contributed by atoms with Gasteiger partial charge in [0, 0.05) is 58.1 Å². The average molecular weight is 474 g/mol. The maximum Gasteiger partial charge on any atom is 0.242 e. The Kier molecular flexibility index (Phi) is 9.57. The molecule has 2 saturated heterocycles. The Morgan fingerprint density at radius 3 is 2.21 bits per heavy atom. The molecule has 0 N–H and O–H groups in total. The molecule has 3 heterocycles. The van der Waals surface area contributed by atoms with Gasteiger partial charge in [-0.1, -0.05) is 34.6 Å². The molecule has 192 valence electrons. The Hall–Kier alpha value is -1.89. The Bertz CT molecular complexity index is 790. The number of amides is 2. The first-order valence-electron chi connectivity index (χ1n) is 13.4. The van der Waals surface area contributed by atoms with Gasteiger partial charge >= 0.3 is 0 Å². The molecule has 4 rings (SSSR count). The van der Waals surface area contributed by atoms with Crippen LogP contribution in [0.15, 0.2) is 12.4 Å². The van der Waals surface area contributed by atoms with E-state index < -0.39 is 0 Å². The highest BCUT2D eigenvalue weighted by Crippen LogP contribution is 2.32. The molecule has 1 aromatic rings. The maximum absolute atomic E-state index is 13.2. The number of hydrogen-bond acceptors (Lipinski definition) is 4. The van der Waals surface area contributed by atoms with Gasteiger partial charge in [-0.3, -0.25) is 14.5 Å². The van der Waals surface area contributed by atoms with Gasteiger partial charge in [0.15, 0.2) is 0 Å². The third kappa shape index (κ3) is 7.56. The van der Waals surface area contributed by atoms with Gasteiger partial charge in [0.25, 0.3) is 0 Å². The number of piperidine rings is 1. The molecule has 2 amide bonds. The average Bonchev–Trinajstić information content (AvgIpc) is 3.53. The van der Waals surface area contributed by atoms with Crippen molar-refractivity contribution in [2.24, 2.45) is 24.8 Å². The predicted molar refractivity (Wildman–Crippen MR) is 136 cm³/mol. The van der Waals surface area contributed by atoms with Crippen LogP contribution in [0.3, 0.4) is 0 Å². The van der Waals surface area contributed by atoms with Crippen molar-refractivity contribution in [3.63, 3.8) is 0 Å². The number of carbonyl (C=O) groups is 2. The van der Waals surface area contributed by atoms with Gasteiger partial charge in [0.05, 0.1) is 12.6 Å². The number of carbonyl (C=O) groups excluding carboxylic acids is 2. The van der Waals surface area contributed by atoms with Crippen LogP contribution in [0.5, 0.6) is 0 Å². The van der Waals surface area contributed by atoms with E-state index in [1.165, 1.54) is 12.8 Å². The molecule has 7 nitrogen and oxygen atoms in total. The van der Waals surface area contributed by atoms with E-state index in [2.05, 4.69) is 49.1 Å². The Balaban J connectivity index is 0.000000751. The topological polar surface area (TPSA) is 61.7 Å². The number of rotatable bonds is 7. The Labute approximate surface area is 206 Å². The third-order valence-electron chi connectivity index (χ3n) is 7.02. The predicted octanol–water partition coefficient (Wildman–Crippen LogP) is 3.58. The number of nitrogens with zero attached hydrogens (tertiary/aromatic N) is 5. The second-order valence-corrected chi connectivity index (χ2v) is 11.6. The van der Waals surface area contributed by atoms with Crippen LogP contribution in [-0.4, -0.2) is 80.9 Å². The first-order chi connectivity index (χ1) is 16.2. The van der Waals surface area contributed by atoms with Crippen LogP contribution in [0.1, 0.15) is 72.5 Å². The molecule has 0 aromatic carbocycles. The Morgan fingerprint density at radius 2 is 1.68 bits per heavy atom. The van der Waals surface area contributed by atoms with Crippen LogP contribution in [-0.2, 0) is 23.1 Å². The summed E-state index contributed by atoms with van der Waals surface area (Å²) in [6, 6.07) is 0.552. The number of aryl methyl sites for hydroxylation is 1. The molecule has 0 spiro atoms. The second-order valence-electron chi connectivity index (χ2n) is 11.6. The molecule has 2 aliphatic heterocycles. The SMILES string of the molecule is CC(C)C.CC(C)CC1C(=O)N(CC(=O)N2CCC(Cc3nccn3C)CC2)CCN1C1CC1. The van der Waals surface area contributed by atoms with Gasteiger partial charge < -0.3 is 14.4 Å². The van der Waals surface area contributed by atoms with Crippen LogP contribution in [0.25, 0.3) is 0 Å². The zero-order valence-corrected chi connectivity index (χ0v) is 22.4. The number of imidazole rings is 1. The van der Waals surface area contributed by atoms with Gasteiger partial charge in [-0.05, 0) is 49.9 Å². The quantitative estimate of drug-likeness (QED) is 0.607. The summed E-state index contributed by atoms with van der Waals surface area (Å²) in [5, 5.41) is 0. The smallest absolute Gasteiger partial charge is 0.242 e. The van der Waals surface area contributed by atoms with Crippen LogP contribution >= 0.6 is 0 Å². The summed E-state index contributed by atoms with van der Waals surface area (Å²) in [4.78, 5) is 36.8. The van der Waals surface area contributed by atoms with Crippen LogP contribution in [0.2, 0.25) is 0 Å². The number of hydrogen-bond donors (Lipinski definition) is 0. The molecule has 1 aliphatic carbocycles. The molecule has 0 radical (unpaired) electrons. The monoisotopic (exact) mass is 473 g/mol. The summed E-state index contributed by atoms with van der Waals surface area (Å²) in [6.45, 7) is 14.3. The summed E-state index contributed by atoms with van der Waals surface area (Å²) < 4.78 is 2.08. The van der Waals surface area contributed by atoms with Gasteiger partial charge in [-0.15, -0.1) is 0 Å². The summed E-state index contributed by atoms with van der Waals surface area (Å²) >= 11 is 0. The van der Waals surface area contributed by atoms with Crippen molar-refractivity contribution in [1.82, 2.24) is 24.3 Å². The fraction of sp³-hybridized carbons (Fsp3) is 0.815. The zero-order valence-electron chi connectivity index (χ0n) is 22.4. The standard InChI is InChI=1S/C23H37N5O2.C4H10/c1-17(2)14-20-23(30)27(12-13-28(20)19-4-5-19)16-22(29)26-9-6-18(7-10-26)15-21-24-8-11-25(21)3;1-4(2)3/h8,11,17-20H,4-7,9-10,12-16H2,1-3H3;4H,1-3H3. The number of likely N-dealkylation sites (tertiary alicyclic amines) is 1. The fourth-order valence-corrected chi connectivity index (χ4v) is 5.04. The number of piperazine rings is 1. The molecular formula is C27H47N5O2. The lowest BCUT2D eigenvalue weighted by molar-refractivity contribution is -0.149. The van der Waals surface area contributed by atoms with E-state index in [0.717, 1.165) is 57.1 Å². The Morgan fingerprint density at radius 1 is 1.03 bits per heavy atom. The van der Waals surface area contributed by atoms with E-state index in [4.69, 9.17) is 0 Å². The minimum absolute atomic E-state index is 0.0393. The van der Waals surface area contributed by atoms with Crippen molar-refractivity contribution in [3.05, 3.63) is 18.2 Å². The molecule has 3 fully saturated rings. The molecule has 34 heavy (non-hydrogen) atoms. The molecule has 1 saturated carbocycles. The minimum Gasteiger partial charge on any atom is -0.341 e. The van der Waals surface area contributed by atoms with E-state index in [9.17, 15) is 9.59 Å². The largest absolute Gasteiger partial charge is 0.341 e. The second kappa shape index (κ2) is 12.2. The van der Waals surface area contributed by atoms with Crippen molar-refractivity contribution in [1.29, 1.82) is 0 Å². The molecular weight excluding hydrogens is 426 g/mol. The summed E-state index contributed by atoms with van der Waals surface area (Å²) in [7, 11) is 2.04. The molecule has 7 heteroatoms. The molecule has 3 aliphatic rings. The lowest BCUT2D eigenvalue weighted by atomic mass is 9.93. The highest BCUT2D eigenvalue weighted by atomic mass is 16.2. The molecule has 0 bridgehead atoms. The lowest BCUT2D eigenvalue weighted by Gasteiger charge is -2.42. The van der Waals surface area contributed by atoms with Crippen molar-refractivity contribution < 1.29 is 9.59 Å². The van der Waals surface area contributed by atoms with Crippen molar-refractivity contribution in [2.75, 3.05) is 32.7 Å². The van der Waals surface area contributed by atoms with E-state index in [1.807, 2.05) is 29.2 Å². The van der Waals surface area contributed by atoms with E-state index in [1.54, 1.807) is 0 Å². The molecule has 1 atom stereocenters. The summed E-state index contributed by atoms with van der Waals surface area (Å²) in [5.41, 5.74) is 0. The van der Waals surface area contributed by atoms with E-state index in [0.29, 0.717) is 24.4 Å². The highest BCUT2D eigenvalue weighted by Gasteiger charge is 2.42. The van der Waals surface area contributed by atoms with E-state index >= 15 is 0 Å². The minimum atomic E-state index is -0.0393.